The maximum atomic E-state index is 13.0. The lowest BCUT2D eigenvalue weighted by Crippen LogP contribution is -2.47. The monoisotopic (exact) mass is 263 g/mol. The van der Waals surface area contributed by atoms with Crippen LogP contribution in [-0.2, 0) is 9.53 Å². The van der Waals surface area contributed by atoms with Crippen LogP contribution in [0, 0.1) is 22.6 Å². The number of hydrogen-bond acceptors (Lipinski definition) is 4. The summed E-state index contributed by atoms with van der Waals surface area (Å²) in [7, 11) is 0. The molecule has 1 aromatic carbocycles. The summed E-state index contributed by atoms with van der Waals surface area (Å²) >= 11 is 0. The van der Waals surface area contributed by atoms with E-state index < -0.39 is 17.3 Å². The van der Waals surface area contributed by atoms with Crippen molar-refractivity contribution in [2.24, 2.45) is 11.1 Å². The molecule has 1 aliphatic rings. The van der Waals surface area contributed by atoms with Crippen LogP contribution in [0.5, 0.6) is 0 Å². The average molecular weight is 263 g/mol. The molecule has 0 spiro atoms. The molecule has 6 heteroatoms. The van der Waals surface area contributed by atoms with Gasteiger partial charge in [0, 0.05) is 6.04 Å². The fraction of sp³-hybridized carbons (Fsp3) is 0.385. The average Bonchev–Trinajstić information content (AvgIpc) is 2.73. The Morgan fingerprint density at radius 3 is 3.00 bits per heavy atom. The molecule has 1 amide bonds. The number of anilines is 1. The minimum Gasteiger partial charge on any atom is -0.379 e. The van der Waals surface area contributed by atoms with Gasteiger partial charge in [-0.2, -0.15) is 5.26 Å². The molecule has 0 bridgehead atoms. The molecular weight excluding hydrogens is 249 g/mol. The molecule has 100 valence electrons. The molecule has 1 heterocycles. The third-order valence-corrected chi connectivity index (χ3v) is 3.39. The number of carbonyl (C=O) groups excluding carboxylic acids is 1. The van der Waals surface area contributed by atoms with Gasteiger partial charge in [0.1, 0.15) is 11.9 Å². The second-order valence-electron chi connectivity index (χ2n) is 4.79. The molecule has 1 aliphatic heterocycles. The van der Waals surface area contributed by atoms with Crippen LogP contribution >= 0.6 is 0 Å². The highest BCUT2D eigenvalue weighted by Gasteiger charge is 2.44. The van der Waals surface area contributed by atoms with Crippen LogP contribution in [0.4, 0.5) is 10.1 Å². The van der Waals surface area contributed by atoms with E-state index >= 15 is 0 Å². The zero-order valence-corrected chi connectivity index (χ0v) is 10.4. The van der Waals surface area contributed by atoms with E-state index in [1.165, 1.54) is 12.1 Å². The van der Waals surface area contributed by atoms with Crippen molar-refractivity contribution in [1.82, 2.24) is 0 Å². The van der Waals surface area contributed by atoms with Crippen molar-refractivity contribution in [3.63, 3.8) is 0 Å². The van der Waals surface area contributed by atoms with Gasteiger partial charge in [0.25, 0.3) is 0 Å². The molecule has 1 aromatic rings. The molecule has 3 N–H and O–H groups in total. The summed E-state index contributed by atoms with van der Waals surface area (Å²) in [5.41, 5.74) is 5.35. The van der Waals surface area contributed by atoms with E-state index in [1.807, 2.05) is 6.07 Å². The molecule has 2 atom stereocenters. The highest BCUT2D eigenvalue weighted by atomic mass is 19.1. The van der Waals surface area contributed by atoms with E-state index in [4.69, 9.17) is 15.7 Å². The summed E-state index contributed by atoms with van der Waals surface area (Å²) in [4.78, 5) is 12.2. The number of nitrogens with one attached hydrogen (secondary N) is 1. The van der Waals surface area contributed by atoms with E-state index in [2.05, 4.69) is 5.32 Å². The minimum atomic E-state index is -0.846. The fourth-order valence-electron chi connectivity index (χ4n) is 1.91. The summed E-state index contributed by atoms with van der Waals surface area (Å²) in [6.07, 6.45) is 0. The third kappa shape index (κ3) is 2.43. The second kappa shape index (κ2) is 4.96. The van der Waals surface area contributed by atoms with E-state index in [9.17, 15) is 9.18 Å². The Balaban J connectivity index is 2.22. The number of rotatable bonds is 2. The highest BCUT2D eigenvalue weighted by molar-refractivity contribution is 5.97. The van der Waals surface area contributed by atoms with Crippen molar-refractivity contribution < 1.29 is 13.9 Å². The van der Waals surface area contributed by atoms with E-state index in [-0.39, 0.29) is 23.8 Å². The van der Waals surface area contributed by atoms with E-state index in [0.29, 0.717) is 6.61 Å². The Morgan fingerprint density at radius 1 is 1.68 bits per heavy atom. The molecule has 0 saturated carbocycles. The second-order valence-corrected chi connectivity index (χ2v) is 4.79. The molecule has 19 heavy (non-hydrogen) atoms. The molecule has 1 fully saturated rings. The molecular formula is C13H14FN3O2. The van der Waals surface area contributed by atoms with Gasteiger partial charge in [-0.1, -0.05) is 0 Å². The molecule has 0 radical (unpaired) electrons. The summed E-state index contributed by atoms with van der Waals surface area (Å²) in [6, 6.07) is 5.05. The van der Waals surface area contributed by atoms with E-state index in [0.717, 1.165) is 6.07 Å². The number of nitrogens with zero attached hydrogens (tertiary/aromatic N) is 1. The van der Waals surface area contributed by atoms with Gasteiger partial charge in [0.15, 0.2) is 0 Å². The van der Waals surface area contributed by atoms with Crippen LogP contribution < -0.4 is 11.1 Å². The van der Waals surface area contributed by atoms with E-state index in [1.54, 1.807) is 6.92 Å². The van der Waals surface area contributed by atoms with Gasteiger partial charge in [0.05, 0.1) is 29.9 Å². The molecule has 0 aliphatic carbocycles. The Morgan fingerprint density at radius 2 is 2.42 bits per heavy atom. The normalized spacial score (nSPS) is 25.9. The van der Waals surface area contributed by atoms with Crippen molar-refractivity contribution in [1.29, 1.82) is 5.26 Å². The molecule has 0 aromatic heterocycles. The van der Waals surface area contributed by atoms with Crippen LogP contribution in [0.1, 0.15) is 12.5 Å². The zero-order valence-electron chi connectivity index (χ0n) is 10.4. The molecule has 2 rings (SSSR count). The van der Waals surface area contributed by atoms with Crippen LogP contribution in [0.2, 0.25) is 0 Å². The van der Waals surface area contributed by atoms with Gasteiger partial charge in [-0.25, -0.2) is 4.39 Å². The molecule has 5 nitrogen and oxygen atoms in total. The Labute approximate surface area is 110 Å². The lowest BCUT2D eigenvalue weighted by Gasteiger charge is -2.25. The summed E-state index contributed by atoms with van der Waals surface area (Å²) in [5, 5.41) is 11.5. The SMILES string of the molecule is CC1(C(=O)Nc2ccc(F)cc2C#N)COCC1N. The lowest BCUT2D eigenvalue weighted by atomic mass is 9.84. The van der Waals surface area contributed by atoms with Crippen molar-refractivity contribution in [3.05, 3.63) is 29.6 Å². The number of hydrogen-bond donors (Lipinski definition) is 2. The first-order valence-electron chi connectivity index (χ1n) is 5.82. The van der Waals surface area contributed by atoms with Crippen molar-refractivity contribution in [2.75, 3.05) is 18.5 Å². The van der Waals surface area contributed by atoms with Crippen molar-refractivity contribution in [2.45, 2.75) is 13.0 Å². The Bertz CT molecular complexity index is 555. The quantitative estimate of drug-likeness (QED) is 0.833. The van der Waals surface area contributed by atoms with Crippen LogP contribution in [0.3, 0.4) is 0 Å². The first kappa shape index (κ1) is 13.5. The van der Waals surface area contributed by atoms with Gasteiger partial charge in [0.2, 0.25) is 5.91 Å². The van der Waals surface area contributed by atoms with Gasteiger partial charge >= 0.3 is 0 Å². The molecule has 2 unspecified atom stereocenters. The Hall–Kier alpha value is -1.97. The zero-order chi connectivity index (χ0) is 14.0. The number of amides is 1. The smallest absolute Gasteiger partial charge is 0.234 e. The number of nitrogens with two attached hydrogens (primary N) is 1. The standard InChI is InChI=1S/C13H14FN3O2/c1-13(7-19-6-11(13)16)12(18)17-10-3-2-9(14)4-8(10)5-15/h2-4,11H,6-7,16H2,1H3,(H,17,18). The Kier molecular flexibility index (Phi) is 3.51. The first-order chi connectivity index (χ1) is 8.97. The van der Waals surface area contributed by atoms with Gasteiger partial charge in [-0.05, 0) is 25.1 Å². The first-order valence-corrected chi connectivity index (χ1v) is 5.82. The number of halogens is 1. The highest BCUT2D eigenvalue weighted by Crippen LogP contribution is 2.29. The van der Waals surface area contributed by atoms with Crippen LogP contribution in [0.15, 0.2) is 18.2 Å². The van der Waals surface area contributed by atoms with Crippen molar-refractivity contribution >= 4 is 11.6 Å². The number of nitriles is 1. The van der Waals surface area contributed by atoms with Crippen LogP contribution in [-0.4, -0.2) is 25.2 Å². The number of ether oxygens (including phenoxy) is 1. The maximum absolute atomic E-state index is 13.0. The van der Waals surface area contributed by atoms with Gasteiger partial charge in [-0.3, -0.25) is 4.79 Å². The lowest BCUT2D eigenvalue weighted by molar-refractivity contribution is -0.125. The largest absolute Gasteiger partial charge is 0.379 e. The predicted molar refractivity (Wildman–Crippen MR) is 66.6 cm³/mol. The summed E-state index contributed by atoms with van der Waals surface area (Å²) < 4.78 is 18.2. The van der Waals surface area contributed by atoms with Gasteiger partial charge < -0.3 is 15.8 Å². The maximum Gasteiger partial charge on any atom is 0.234 e. The summed E-state index contributed by atoms with van der Waals surface area (Å²) in [5.74, 6) is -0.859. The number of benzene rings is 1. The van der Waals surface area contributed by atoms with Crippen LogP contribution in [0.25, 0.3) is 0 Å². The topological polar surface area (TPSA) is 88.1 Å². The third-order valence-electron chi connectivity index (χ3n) is 3.39. The molecule has 1 saturated heterocycles. The predicted octanol–water partition coefficient (Wildman–Crippen LogP) is 1.000. The summed E-state index contributed by atoms with van der Waals surface area (Å²) in [6.45, 7) is 2.25. The fourth-order valence-corrected chi connectivity index (χ4v) is 1.91. The van der Waals surface area contributed by atoms with Crippen molar-refractivity contribution in [3.8, 4) is 6.07 Å². The minimum absolute atomic E-state index is 0.0736. The van der Waals surface area contributed by atoms with Gasteiger partial charge in [-0.15, -0.1) is 0 Å². The number of carbonyl (C=O) groups is 1.